The van der Waals surface area contributed by atoms with Crippen LogP contribution < -0.4 is 0 Å². The monoisotopic (exact) mass is 199 g/mol. The lowest BCUT2D eigenvalue weighted by molar-refractivity contribution is -0.164. The van der Waals surface area contributed by atoms with Crippen LogP contribution in [0.4, 0.5) is 0 Å². The Kier molecular flexibility index (Phi) is 3.66. The molecule has 1 rings (SSSR count). The van der Waals surface area contributed by atoms with Crippen LogP contribution in [0.25, 0.3) is 0 Å². The van der Waals surface area contributed by atoms with Gasteiger partial charge in [0, 0.05) is 6.42 Å². The van der Waals surface area contributed by atoms with Crippen LogP contribution in [-0.4, -0.2) is 31.1 Å². The molecule has 0 saturated heterocycles. The number of carbonyl (C=O) groups is 2. The molecule has 0 amide bonds. The smallest absolute Gasteiger partial charge is 0.420 e. The first kappa shape index (κ1) is 10.2. The van der Waals surface area contributed by atoms with E-state index < -0.39 is 24.6 Å². The fraction of sp³-hybridized carbons (Fsp3) is 0.375. The lowest BCUT2D eigenvalue weighted by Gasteiger charge is -2.15. The maximum Gasteiger partial charge on any atom is 0.420 e. The van der Waals surface area contributed by atoms with Crippen molar-refractivity contribution in [3.05, 3.63) is 12.3 Å². The molecule has 0 bridgehead atoms. The van der Waals surface area contributed by atoms with Crippen LogP contribution in [0.3, 0.4) is 0 Å². The van der Waals surface area contributed by atoms with E-state index in [9.17, 15) is 14.4 Å². The molecule has 0 fully saturated rings. The number of rotatable bonds is 4. The maximum absolute atomic E-state index is 11.1. The Labute approximate surface area is 79.4 Å². The molecule has 1 atom stereocenters. The van der Waals surface area contributed by atoms with E-state index in [0.717, 1.165) is 6.47 Å². The fourth-order valence-corrected chi connectivity index (χ4v) is 0.856. The molecule has 14 heavy (non-hydrogen) atoms. The molecule has 1 aliphatic rings. The van der Waals surface area contributed by atoms with Gasteiger partial charge < -0.3 is 14.2 Å². The first-order valence-electron chi connectivity index (χ1n) is 3.74. The van der Waals surface area contributed by atoms with Crippen molar-refractivity contribution in [3.8, 4) is 0 Å². The molecular weight excluding hydrogens is 192 g/mol. The SMILES string of the molecule is O=[C]OCOC(=O)C1OC=CCC1=O. The molecule has 0 aromatic carbocycles. The number of ether oxygens (including phenoxy) is 3. The second kappa shape index (κ2) is 5.00. The zero-order valence-corrected chi connectivity index (χ0v) is 7.10. The molecule has 1 aliphatic heterocycles. The van der Waals surface area contributed by atoms with Crippen molar-refractivity contribution < 1.29 is 28.6 Å². The van der Waals surface area contributed by atoms with E-state index in [2.05, 4.69) is 9.47 Å². The molecule has 1 heterocycles. The number of carbonyl (C=O) groups excluding carboxylic acids is 3. The second-order valence-corrected chi connectivity index (χ2v) is 2.37. The quantitative estimate of drug-likeness (QED) is 0.261. The summed E-state index contributed by atoms with van der Waals surface area (Å²) < 4.78 is 13.1. The zero-order valence-electron chi connectivity index (χ0n) is 7.10. The van der Waals surface area contributed by atoms with Gasteiger partial charge in [0.25, 0.3) is 6.10 Å². The van der Waals surface area contributed by atoms with Crippen LogP contribution in [0.5, 0.6) is 0 Å². The highest BCUT2D eigenvalue weighted by molar-refractivity contribution is 6.03. The lowest BCUT2D eigenvalue weighted by atomic mass is 10.1. The highest BCUT2D eigenvalue weighted by atomic mass is 16.7. The average molecular weight is 199 g/mol. The second-order valence-electron chi connectivity index (χ2n) is 2.37. The van der Waals surface area contributed by atoms with Crippen LogP contribution in [0.2, 0.25) is 0 Å². The summed E-state index contributed by atoms with van der Waals surface area (Å²) in [7, 11) is 0. The number of Topliss-reactive ketones (excluding diaryl/α,β-unsaturated/α-hetero) is 1. The Bertz CT molecular complexity index is 269. The van der Waals surface area contributed by atoms with Gasteiger partial charge in [-0.3, -0.25) is 4.79 Å². The van der Waals surface area contributed by atoms with Crippen molar-refractivity contribution in [2.45, 2.75) is 12.5 Å². The zero-order chi connectivity index (χ0) is 10.4. The predicted molar refractivity (Wildman–Crippen MR) is 41.4 cm³/mol. The van der Waals surface area contributed by atoms with Gasteiger partial charge in [0.1, 0.15) is 0 Å². The topological polar surface area (TPSA) is 78.9 Å². The Hall–Kier alpha value is -1.85. The van der Waals surface area contributed by atoms with E-state index in [-0.39, 0.29) is 6.42 Å². The van der Waals surface area contributed by atoms with Gasteiger partial charge in [-0.2, -0.15) is 0 Å². The van der Waals surface area contributed by atoms with Crippen LogP contribution in [0.15, 0.2) is 12.3 Å². The molecule has 0 aromatic heterocycles. The van der Waals surface area contributed by atoms with E-state index in [1.54, 1.807) is 0 Å². The Morgan fingerprint density at radius 3 is 3.14 bits per heavy atom. The van der Waals surface area contributed by atoms with Crippen LogP contribution in [-0.2, 0) is 28.6 Å². The fourth-order valence-electron chi connectivity index (χ4n) is 0.856. The van der Waals surface area contributed by atoms with Crippen LogP contribution >= 0.6 is 0 Å². The van der Waals surface area contributed by atoms with Crippen LogP contribution in [0, 0.1) is 0 Å². The molecule has 6 heteroatoms. The first-order valence-corrected chi connectivity index (χ1v) is 3.74. The van der Waals surface area contributed by atoms with Gasteiger partial charge in [0.05, 0.1) is 6.26 Å². The van der Waals surface area contributed by atoms with Crippen molar-refractivity contribution in [3.63, 3.8) is 0 Å². The molecule has 75 valence electrons. The third-order valence-electron chi connectivity index (χ3n) is 1.46. The van der Waals surface area contributed by atoms with E-state index in [1.807, 2.05) is 0 Å². The molecule has 1 radical (unpaired) electrons. The largest absolute Gasteiger partial charge is 0.479 e. The van der Waals surface area contributed by atoms with Gasteiger partial charge in [0.2, 0.25) is 6.79 Å². The minimum absolute atomic E-state index is 0.125. The molecule has 0 aromatic rings. The van der Waals surface area contributed by atoms with E-state index >= 15 is 0 Å². The summed E-state index contributed by atoms with van der Waals surface area (Å²) >= 11 is 0. The molecule has 0 N–H and O–H groups in total. The van der Waals surface area contributed by atoms with Crippen molar-refractivity contribution in [1.29, 1.82) is 0 Å². The lowest BCUT2D eigenvalue weighted by Crippen LogP contribution is -2.35. The molecule has 6 nitrogen and oxygen atoms in total. The summed E-state index contributed by atoms with van der Waals surface area (Å²) in [5.74, 6) is -1.28. The third kappa shape index (κ3) is 2.58. The summed E-state index contributed by atoms with van der Waals surface area (Å²) in [5, 5.41) is 0. The number of hydrogen-bond donors (Lipinski definition) is 0. The van der Waals surface area contributed by atoms with Crippen LogP contribution in [0.1, 0.15) is 6.42 Å². The van der Waals surface area contributed by atoms with E-state index in [0.29, 0.717) is 0 Å². The Balaban J connectivity index is 2.39. The minimum atomic E-state index is -1.25. The Morgan fingerprint density at radius 1 is 1.71 bits per heavy atom. The molecule has 1 unspecified atom stereocenters. The highest BCUT2D eigenvalue weighted by Gasteiger charge is 2.30. The van der Waals surface area contributed by atoms with Gasteiger partial charge in [-0.15, -0.1) is 0 Å². The van der Waals surface area contributed by atoms with E-state index in [1.165, 1.54) is 12.3 Å². The number of esters is 1. The van der Waals surface area contributed by atoms with Gasteiger partial charge in [-0.05, 0) is 6.08 Å². The summed E-state index contributed by atoms with van der Waals surface area (Å²) in [4.78, 5) is 31.7. The number of ketones is 1. The third-order valence-corrected chi connectivity index (χ3v) is 1.46. The number of allylic oxidation sites excluding steroid dienone is 1. The van der Waals surface area contributed by atoms with Gasteiger partial charge in [-0.25, -0.2) is 9.59 Å². The molecular formula is C8H7O6. The first-order chi connectivity index (χ1) is 6.75. The number of hydrogen-bond acceptors (Lipinski definition) is 6. The van der Waals surface area contributed by atoms with Crippen molar-refractivity contribution >= 4 is 18.2 Å². The normalized spacial score (nSPS) is 19.7. The summed E-state index contributed by atoms with van der Waals surface area (Å²) in [5.41, 5.74) is 0. The molecule has 0 aliphatic carbocycles. The highest BCUT2D eigenvalue weighted by Crippen LogP contribution is 2.07. The van der Waals surface area contributed by atoms with Gasteiger partial charge in [0.15, 0.2) is 5.78 Å². The Morgan fingerprint density at radius 2 is 2.50 bits per heavy atom. The standard InChI is InChI=1S/C8H7O6/c9-4-12-5-14-8(11)7-6(10)2-1-3-13-7/h1,3,7H,2,5H2. The maximum atomic E-state index is 11.1. The van der Waals surface area contributed by atoms with Crippen molar-refractivity contribution in [1.82, 2.24) is 0 Å². The molecule has 0 spiro atoms. The average Bonchev–Trinajstić information content (AvgIpc) is 2.18. The predicted octanol–water partition coefficient (Wildman–Crippen LogP) is -0.557. The minimum Gasteiger partial charge on any atom is -0.479 e. The van der Waals surface area contributed by atoms with Crippen molar-refractivity contribution in [2.24, 2.45) is 0 Å². The summed E-state index contributed by atoms with van der Waals surface area (Å²) in [6.07, 6.45) is 1.61. The van der Waals surface area contributed by atoms with Crippen molar-refractivity contribution in [2.75, 3.05) is 6.79 Å². The van der Waals surface area contributed by atoms with E-state index in [4.69, 9.17) is 4.74 Å². The van der Waals surface area contributed by atoms with Gasteiger partial charge in [-0.1, -0.05) is 0 Å². The summed E-state index contributed by atoms with van der Waals surface area (Å²) in [6, 6.07) is 0. The molecule has 0 saturated carbocycles. The summed E-state index contributed by atoms with van der Waals surface area (Å²) in [6.45, 7) is 0.500. The van der Waals surface area contributed by atoms with Gasteiger partial charge >= 0.3 is 12.4 Å².